The van der Waals surface area contributed by atoms with Crippen molar-refractivity contribution in [2.45, 2.75) is 17.8 Å². The van der Waals surface area contributed by atoms with Crippen molar-refractivity contribution in [3.63, 3.8) is 0 Å². The normalized spacial score (nSPS) is 11.3. The van der Waals surface area contributed by atoms with Gasteiger partial charge in [-0.2, -0.15) is 0 Å². The number of hydrogen-bond acceptors (Lipinski definition) is 7. The Morgan fingerprint density at radius 3 is 2.87 bits per heavy atom. The van der Waals surface area contributed by atoms with Crippen molar-refractivity contribution in [3.8, 4) is 11.4 Å². The Morgan fingerprint density at radius 2 is 2.09 bits per heavy atom. The highest BCUT2D eigenvalue weighted by Gasteiger charge is 2.16. The maximum absolute atomic E-state index is 6.08. The van der Waals surface area contributed by atoms with E-state index < -0.39 is 0 Å². The Balaban J connectivity index is 1.55. The standard InChI is InChI=1S/C15H13N5O2S/c1-9-10(6-7-21-9)14-18-19-15(20(14)16)23-8-13-17-11-4-2-3-5-12(11)22-13/h2-7H,8,16H2,1H3. The van der Waals surface area contributed by atoms with Gasteiger partial charge in [-0.25, -0.2) is 9.66 Å². The van der Waals surface area contributed by atoms with Crippen LogP contribution in [0.5, 0.6) is 0 Å². The van der Waals surface area contributed by atoms with Crippen LogP contribution in [0.1, 0.15) is 11.7 Å². The van der Waals surface area contributed by atoms with Crippen LogP contribution in [0.25, 0.3) is 22.5 Å². The van der Waals surface area contributed by atoms with Crippen molar-refractivity contribution in [3.05, 3.63) is 48.2 Å². The summed E-state index contributed by atoms with van der Waals surface area (Å²) in [6, 6.07) is 9.47. The van der Waals surface area contributed by atoms with Crippen molar-refractivity contribution in [2.75, 3.05) is 5.84 Å². The summed E-state index contributed by atoms with van der Waals surface area (Å²) in [5, 5.41) is 8.84. The predicted octanol–water partition coefficient (Wildman–Crippen LogP) is 2.99. The number of rotatable bonds is 4. The molecular formula is C15H13N5O2S. The molecule has 116 valence electrons. The zero-order valence-electron chi connectivity index (χ0n) is 12.3. The molecule has 0 saturated heterocycles. The summed E-state index contributed by atoms with van der Waals surface area (Å²) in [6.45, 7) is 1.86. The number of furan rings is 1. The van der Waals surface area contributed by atoms with Gasteiger partial charge < -0.3 is 14.7 Å². The lowest BCUT2D eigenvalue weighted by Crippen LogP contribution is -2.11. The summed E-state index contributed by atoms with van der Waals surface area (Å²) >= 11 is 1.42. The summed E-state index contributed by atoms with van der Waals surface area (Å²) in [5.41, 5.74) is 2.44. The second-order valence-corrected chi connectivity index (χ2v) is 5.87. The van der Waals surface area contributed by atoms with E-state index >= 15 is 0 Å². The minimum absolute atomic E-state index is 0.522. The van der Waals surface area contributed by atoms with Gasteiger partial charge >= 0.3 is 0 Å². The van der Waals surface area contributed by atoms with E-state index in [-0.39, 0.29) is 0 Å². The molecule has 0 unspecified atom stereocenters. The molecular weight excluding hydrogens is 314 g/mol. The molecule has 0 amide bonds. The van der Waals surface area contributed by atoms with Crippen LogP contribution in [0.3, 0.4) is 0 Å². The predicted molar refractivity (Wildman–Crippen MR) is 86.2 cm³/mol. The van der Waals surface area contributed by atoms with E-state index in [1.165, 1.54) is 16.4 Å². The van der Waals surface area contributed by atoms with Crippen LogP contribution < -0.4 is 5.84 Å². The molecule has 0 saturated carbocycles. The molecule has 2 N–H and O–H groups in total. The van der Waals surface area contributed by atoms with Gasteiger partial charge in [0, 0.05) is 0 Å². The topological polar surface area (TPSA) is 95.9 Å². The number of nitrogens with two attached hydrogens (primary N) is 1. The third-order valence-corrected chi connectivity index (χ3v) is 4.36. The molecule has 8 heteroatoms. The van der Waals surface area contributed by atoms with Crippen LogP contribution in [-0.2, 0) is 5.75 Å². The molecule has 4 aromatic rings. The number of fused-ring (bicyclic) bond motifs is 1. The summed E-state index contributed by atoms with van der Waals surface area (Å²) in [7, 11) is 0. The molecule has 23 heavy (non-hydrogen) atoms. The van der Waals surface area contributed by atoms with E-state index in [4.69, 9.17) is 14.7 Å². The minimum Gasteiger partial charge on any atom is -0.469 e. The lowest BCUT2D eigenvalue weighted by Gasteiger charge is -2.01. The fourth-order valence-electron chi connectivity index (χ4n) is 2.28. The van der Waals surface area contributed by atoms with Gasteiger partial charge in [0.15, 0.2) is 11.4 Å². The zero-order valence-corrected chi connectivity index (χ0v) is 13.1. The van der Waals surface area contributed by atoms with E-state index in [9.17, 15) is 0 Å². The smallest absolute Gasteiger partial charge is 0.210 e. The first kappa shape index (κ1) is 13.9. The van der Waals surface area contributed by atoms with E-state index in [2.05, 4.69) is 15.2 Å². The van der Waals surface area contributed by atoms with Gasteiger partial charge in [-0.15, -0.1) is 10.2 Å². The number of nitrogens with zero attached hydrogens (tertiary/aromatic N) is 4. The van der Waals surface area contributed by atoms with E-state index in [1.807, 2.05) is 37.3 Å². The SMILES string of the molecule is Cc1occc1-c1nnc(SCc2nc3ccccc3o2)n1N. The van der Waals surface area contributed by atoms with Gasteiger partial charge in [-0.05, 0) is 25.1 Å². The first-order chi connectivity index (χ1) is 11.2. The summed E-state index contributed by atoms with van der Waals surface area (Å²) in [4.78, 5) is 4.43. The van der Waals surface area contributed by atoms with Gasteiger partial charge in [0.1, 0.15) is 11.3 Å². The molecule has 0 radical (unpaired) electrons. The van der Waals surface area contributed by atoms with Crippen molar-refractivity contribution in [1.29, 1.82) is 0 Å². The number of aryl methyl sites for hydroxylation is 1. The second-order valence-electron chi connectivity index (χ2n) is 4.93. The molecule has 0 aliphatic heterocycles. The van der Waals surface area contributed by atoms with Crippen molar-refractivity contribution < 1.29 is 8.83 Å². The Labute approximate surface area is 135 Å². The van der Waals surface area contributed by atoms with Crippen LogP contribution in [0.4, 0.5) is 0 Å². The molecule has 0 bridgehead atoms. The van der Waals surface area contributed by atoms with Gasteiger partial charge in [0.25, 0.3) is 0 Å². The third kappa shape index (κ3) is 2.46. The number of para-hydroxylation sites is 2. The molecule has 0 aliphatic carbocycles. The fourth-order valence-corrected chi connectivity index (χ4v) is 2.98. The van der Waals surface area contributed by atoms with Gasteiger partial charge in [-0.1, -0.05) is 23.9 Å². The third-order valence-electron chi connectivity index (χ3n) is 3.43. The number of nitrogen functional groups attached to an aromatic ring is 1. The molecule has 3 heterocycles. The molecule has 0 spiro atoms. The van der Waals surface area contributed by atoms with Gasteiger partial charge in [-0.3, -0.25) is 0 Å². The molecule has 0 aliphatic rings. The maximum Gasteiger partial charge on any atom is 0.210 e. The Hall–Kier alpha value is -2.74. The number of thioether (sulfide) groups is 1. The van der Waals surface area contributed by atoms with Crippen LogP contribution >= 0.6 is 11.8 Å². The Bertz CT molecular complexity index is 938. The van der Waals surface area contributed by atoms with Crippen molar-refractivity contribution in [2.24, 2.45) is 0 Å². The lowest BCUT2D eigenvalue weighted by molar-refractivity contribution is 0.535. The first-order valence-electron chi connectivity index (χ1n) is 6.94. The van der Waals surface area contributed by atoms with E-state index in [0.717, 1.165) is 22.4 Å². The van der Waals surface area contributed by atoms with Crippen LogP contribution in [0, 0.1) is 6.92 Å². The highest BCUT2D eigenvalue weighted by molar-refractivity contribution is 7.98. The summed E-state index contributed by atoms with van der Waals surface area (Å²) in [5.74, 6) is 8.54. The molecule has 3 aromatic heterocycles. The fraction of sp³-hybridized carbons (Fsp3) is 0.133. The molecule has 0 atom stereocenters. The van der Waals surface area contributed by atoms with Crippen molar-refractivity contribution in [1.82, 2.24) is 19.9 Å². The number of benzene rings is 1. The number of oxazole rings is 1. The minimum atomic E-state index is 0.522. The summed E-state index contributed by atoms with van der Waals surface area (Å²) in [6.07, 6.45) is 1.60. The Kier molecular flexibility index (Phi) is 3.30. The zero-order chi connectivity index (χ0) is 15.8. The quantitative estimate of drug-likeness (QED) is 0.454. The number of aromatic nitrogens is 4. The average Bonchev–Trinajstić information content (AvgIpc) is 3.23. The Morgan fingerprint density at radius 1 is 1.22 bits per heavy atom. The van der Waals surface area contributed by atoms with Gasteiger partial charge in [0.2, 0.25) is 11.0 Å². The molecule has 4 rings (SSSR count). The van der Waals surface area contributed by atoms with Gasteiger partial charge in [0.05, 0.1) is 17.6 Å². The highest BCUT2D eigenvalue weighted by atomic mass is 32.2. The van der Waals surface area contributed by atoms with Crippen molar-refractivity contribution >= 4 is 22.9 Å². The van der Waals surface area contributed by atoms with Crippen LogP contribution in [-0.4, -0.2) is 19.9 Å². The first-order valence-corrected chi connectivity index (χ1v) is 7.93. The molecule has 1 aromatic carbocycles. The van der Waals surface area contributed by atoms with E-state index in [1.54, 1.807) is 6.26 Å². The summed E-state index contributed by atoms with van der Waals surface area (Å²) < 4.78 is 12.4. The van der Waals surface area contributed by atoms with E-state index in [0.29, 0.717) is 22.6 Å². The molecule has 0 fully saturated rings. The largest absolute Gasteiger partial charge is 0.469 e. The monoisotopic (exact) mass is 327 g/mol. The maximum atomic E-state index is 6.08. The second kappa shape index (κ2) is 5.47. The number of hydrogen-bond donors (Lipinski definition) is 1. The highest BCUT2D eigenvalue weighted by Crippen LogP contribution is 2.27. The lowest BCUT2D eigenvalue weighted by atomic mass is 10.2. The van der Waals surface area contributed by atoms with Crippen LogP contribution in [0.15, 0.2) is 50.6 Å². The average molecular weight is 327 g/mol. The molecule has 7 nitrogen and oxygen atoms in total. The van der Waals surface area contributed by atoms with Crippen LogP contribution in [0.2, 0.25) is 0 Å².